The number of rotatable bonds is 11. The summed E-state index contributed by atoms with van der Waals surface area (Å²) in [5.41, 5.74) is 11.0. The molecule has 1 aromatic carbocycles. The van der Waals surface area contributed by atoms with Crippen molar-refractivity contribution in [3.63, 3.8) is 0 Å². The molecule has 0 heterocycles. The topological polar surface area (TPSA) is 82.8 Å². The first-order valence-electron chi connectivity index (χ1n) is 8.73. The molecular weight excluding hydrogens is 332 g/mol. The van der Waals surface area contributed by atoms with Crippen LogP contribution in [-0.2, 0) is 30.2 Å². The highest BCUT2D eigenvalue weighted by molar-refractivity contribution is 5.86. The molecule has 0 unspecified atom stereocenters. The maximum atomic E-state index is 11.2. The van der Waals surface area contributed by atoms with E-state index < -0.39 is 11.5 Å². The molecule has 0 atom stereocenters. The van der Waals surface area contributed by atoms with Crippen LogP contribution in [-0.4, -0.2) is 32.4 Å². The molecule has 1 rings (SSSR count). The number of hydroxylamine groups is 1. The Kier molecular flexibility index (Phi) is 8.43. The largest absolute Gasteiger partial charge is 0.460 e. The molecule has 0 amide bonds. The number of esters is 1. The van der Waals surface area contributed by atoms with Gasteiger partial charge in [-0.2, -0.15) is 5.48 Å². The normalized spacial score (nSPS) is 12.1. The van der Waals surface area contributed by atoms with Crippen LogP contribution in [0.5, 0.6) is 0 Å². The summed E-state index contributed by atoms with van der Waals surface area (Å²) < 4.78 is 10.3. The van der Waals surface area contributed by atoms with Crippen molar-refractivity contribution in [1.82, 2.24) is 5.48 Å². The van der Waals surface area contributed by atoms with Crippen LogP contribution in [0.1, 0.15) is 45.7 Å². The Bertz CT molecular complexity index is 606. The molecule has 0 aliphatic carbocycles. The predicted molar refractivity (Wildman–Crippen MR) is 102 cm³/mol. The van der Waals surface area contributed by atoms with Crippen molar-refractivity contribution in [3.05, 3.63) is 47.5 Å². The summed E-state index contributed by atoms with van der Waals surface area (Å²) >= 11 is 0. The number of carbonyl (C=O) groups excluding carboxylic acids is 1. The van der Waals surface area contributed by atoms with Gasteiger partial charge in [-0.3, -0.25) is 4.84 Å². The molecule has 0 spiro atoms. The maximum absolute atomic E-state index is 11.2. The minimum absolute atomic E-state index is 0.201. The number of hydrogen-bond acceptors (Lipinski definition) is 6. The van der Waals surface area contributed by atoms with Crippen molar-refractivity contribution in [3.8, 4) is 0 Å². The van der Waals surface area contributed by atoms with Gasteiger partial charge in [0, 0.05) is 11.1 Å². The maximum Gasteiger partial charge on any atom is 0.333 e. The molecule has 0 bridgehead atoms. The van der Waals surface area contributed by atoms with E-state index in [-0.39, 0.29) is 12.1 Å². The number of nitrogens with two attached hydrogens (primary N) is 1. The van der Waals surface area contributed by atoms with E-state index in [0.29, 0.717) is 25.4 Å². The van der Waals surface area contributed by atoms with E-state index in [1.54, 1.807) is 6.92 Å². The fourth-order valence-electron chi connectivity index (χ4n) is 2.12. The minimum atomic E-state index is -0.406. The van der Waals surface area contributed by atoms with Crippen molar-refractivity contribution < 1.29 is 19.1 Å². The Hall–Kier alpha value is -1.73. The first-order valence-corrected chi connectivity index (χ1v) is 8.73. The van der Waals surface area contributed by atoms with Gasteiger partial charge in [0.2, 0.25) is 0 Å². The van der Waals surface area contributed by atoms with Gasteiger partial charge in [-0.15, -0.1) is 0 Å². The highest BCUT2D eigenvalue weighted by Gasteiger charge is 2.23. The van der Waals surface area contributed by atoms with E-state index in [9.17, 15) is 4.79 Å². The zero-order chi connectivity index (χ0) is 19.8. The second-order valence-electron chi connectivity index (χ2n) is 7.41. The molecule has 0 radical (unpaired) electrons. The number of hydrogen-bond donors (Lipinski definition) is 2. The molecule has 3 N–H and O–H groups in total. The van der Waals surface area contributed by atoms with E-state index >= 15 is 0 Å². The summed E-state index contributed by atoms with van der Waals surface area (Å²) in [6, 6.07) is 8.15. The lowest BCUT2D eigenvalue weighted by molar-refractivity contribution is -0.140. The molecule has 0 saturated heterocycles. The van der Waals surface area contributed by atoms with E-state index in [1.165, 1.54) is 0 Å². The predicted octanol–water partition coefficient (Wildman–Crippen LogP) is 2.77. The third-order valence-electron chi connectivity index (χ3n) is 3.79. The van der Waals surface area contributed by atoms with Gasteiger partial charge in [0.15, 0.2) is 0 Å². The third-order valence-corrected chi connectivity index (χ3v) is 3.79. The Morgan fingerprint density at radius 1 is 1.12 bits per heavy atom. The average molecular weight is 364 g/mol. The lowest BCUT2D eigenvalue weighted by Gasteiger charge is -2.28. The van der Waals surface area contributed by atoms with Crippen molar-refractivity contribution >= 4 is 5.97 Å². The van der Waals surface area contributed by atoms with E-state index in [2.05, 4.69) is 18.1 Å². The third kappa shape index (κ3) is 7.66. The highest BCUT2D eigenvalue weighted by Crippen LogP contribution is 2.25. The van der Waals surface area contributed by atoms with Crippen molar-refractivity contribution in [2.45, 2.75) is 45.7 Å². The van der Waals surface area contributed by atoms with E-state index in [1.807, 2.05) is 45.9 Å². The Morgan fingerprint density at radius 3 is 2.35 bits per heavy atom. The molecule has 6 heteroatoms. The minimum Gasteiger partial charge on any atom is -0.460 e. The SMILES string of the molecule is C=C(C)C(=O)OCCOCCONC(C)(C)c1cccc(C(C)(C)N)c1. The highest BCUT2D eigenvalue weighted by atomic mass is 16.7. The molecule has 0 aromatic heterocycles. The molecule has 1 aromatic rings. The van der Waals surface area contributed by atoms with Crippen LogP contribution in [0.25, 0.3) is 0 Å². The van der Waals surface area contributed by atoms with Crippen LogP contribution in [0.2, 0.25) is 0 Å². The molecule has 146 valence electrons. The average Bonchev–Trinajstić information content (AvgIpc) is 2.56. The van der Waals surface area contributed by atoms with Crippen molar-refractivity contribution in [2.24, 2.45) is 5.73 Å². The van der Waals surface area contributed by atoms with Gasteiger partial charge >= 0.3 is 5.97 Å². The second-order valence-corrected chi connectivity index (χ2v) is 7.41. The molecule has 0 aliphatic rings. The first-order chi connectivity index (χ1) is 12.0. The van der Waals surface area contributed by atoms with Gasteiger partial charge in [-0.1, -0.05) is 30.8 Å². The summed E-state index contributed by atoms with van der Waals surface area (Å²) in [6.45, 7) is 14.4. The lowest BCUT2D eigenvalue weighted by atomic mass is 9.88. The molecule has 0 fully saturated rings. The van der Waals surface area contributed by atoms with Crippen LogP contribution in [0.4, 0.5) is 0 Å². The zero-order valence-electron chi connectivity index (χ0n) is 16.6. The Balaban J connectivity index is 2.32. The Morgan fingerprint density at radius 2 is 1.73 bits per heavy atom. The zero-order valence-corrected chi connectivity index (χ0v) is 16.6. The van der Waals surface area contributed by atoms with Gasteiger partial charge in [0.05, 0.1) is 25.4 Å². The molecule has 0 saturated carbocycles. The monoisotopic (exact) mass is 364 g/mol. The van der Waals surface area contributed by atoms with Crippen LogP contribution in [0, 0.1) is 0 Å². The second kappa shape index (κ2) is 9.83. The number of carbonyl (C=O) groups is 1. The van der Waals surface area contributed by atoms with Crippen molar-refractivity contribution in [2.75, 3.05) is 26.4 Å². The van der Waals surface area contributed by atoms with E-state index in [4.69, 9.17) is 20.0 Å². The summed E-state index contributed by atoms with van der Waals surface area (Å²) in [4.78, 5) is 16.7. The van der Waals surface area contributed by atoms with Crippen LogP contribution in [0.15, 0.2) is 36.4 Å². The van der Waals surface area contributed by atoms with Gasteiger partial charge < -0.3 is 15.2 Å². The number of nitrogens with one attached hydrogen (secondary N) is 1. The summed E-state index contributed by atoms with van der Waals surface area (Å²) in [7, 11) is 0. The molecule has 0 aliphatic heterocycles. The molecule has 6 nitrogen and oxygen atoms in total. The van der Waals surface area contributed by atoms with Gasteiger partial charge in [-0.05, 0) is 45.7 Å². The van der Waals surface area contributed by atoms with Gasteiger partial charge in [-0.25, -0.2) is 4.79 Å². The first kappa shape index (κ1) is 22.3. The number of ether oxygens (including phenoxy) is 2. The summed E-state index contributed by atoms with van der Waals surface area (Å²) in [6.07, 6.45) is 0. The fourth-order valence-corrected chi connectivity index (χ4v) is 2.12. The van der Waals surface area contributed by atoms with Gasteiger partial charge in [0.25, 0.3) is 0 Å². The van der Waals surface area contributed by atoms with Gasteiger partial charge in [0.1, 0.15) is 6.61 Å². The molecular formula is C20H32N2O4. The lowest BCUT2D eigenvalue weighted by Crippen LogP contribution is -2.38. The van der Waals surface area contributed by atoms with Crippen LogP contribution in [0.3, 0.4) is 0 Å². The van der Waals surface area contributed by atoms with Crippen LogP contribution < -0.4 is 11.2 Å². The standard InChI is InChI=1S/C20H32N2O4/c1-15(2)18(23)25-12-10-24-11-13-26-22-20(5,6)17-9-7-8-16(14-17)19(3,4)21/h7-9,14,22H,1,10-13,21H2,2-6H3. The van der Waals surface area contributed by atoms with Crippen LogP contribution >= 0.6 is 0 Å². The summed E-state index contributed by atoms with van der Waals surface area (Å²) in [5.74, 6) is -0.406. The fraction of sp³-hybridized carbons (Fsp3) is 0.550. The quantitative estimate of drug-likeness (QED) is 0.272. The van der Waals surface area contributed by atoms with Crippen molar-refractivity contribution in [1.29, 1.82) is 0 Å². The Labute approximate surface area is 156 Å². The number of benzene rings is 1. The smallest absolute Gasteiger partial charge is 0.333 e. The molecule has 26 heavy (non-hydrogen) atoms. The van der Waals surface area contributed by atoms with E-state index in [0.717, 1.165) is 11.1 Å². The summed E-state index contributed by atoms with van der Waals surface area (Å²) in [5, 5.41) is 0.